The molecule has 2 aromatic rings. The number of ether oxygens (including phenoxy) is 3. The molecule has 4 nitrogen and oxygen atoms in total. The maximum atomic E-state index is 12.9. The molecule has 0 fully saturated rings. The quantitative estimate of drug-likeness (QED) is 0.259. The fraction of sp³-hybridized carbons (Fsp3) is 0.400. The zero-order valence-electron chi connectivity index (χ0n) is 18.2. The fourth-order valence-electron chi connectivity index (χ4n) is 2.89. The molecule has 0 bridgehead atoms. The van der Waals surface area contributed by atoms with Gasteiger partial charge in [0.25, 0.3) is 0 Å². The summed E-state index contributed by atoms with van der Waals surface area (Å²) in [6.45, 7) is 8.80. The van der Waals surface area contributed by atoms with Gasteiger partial charge in [-0.1, -0.05) is 32.8 Å². The van der Waals surface area contributed by atoms with Gasteiger partial charge in [0.05, 0.1) is 19.3 Å². The third-order valence-electron chi connectivity index (χ3n) is 4.91. The van der Waals surface area contributed by atoms with Crippen LogP contribution in [0.5, 0.6) is 11.5 Å². The van der Waals surface area contributed by atoms with Crippen LogP contribution in [-0.4, -0.2) is 19.7 Å². The van der Waals surface area contributed by atoms with Gasteiger partial charge < -0.3 is 14.2 Å². The van der Waals surface area contributed by atoms with Gasteiger partial charge in [0.15, 0.2) is 0 Å². The highest BCUT2D eigenvalue weighted by molar-refractivity contribution is 5.95. The number of carbonyl (C=O) groups excluding carboxylic acids is 1. The van der Waals surface area contributed by atoms with Crippen LogP contribution in [0.1, 0.15) is 67.9 Å². The number of hydrogen-bond acceptors (Lipinski definition) is 4. The number of aryl methyl sites for hydroxylation is 1. The minimum Gasteiger partial charge on any atom is -0.497 e. The molecule has 2 rings (SSSR count). The van der Waals surface area contributed by atoms with E-state index in [4.69, 9.17) is 14.2 Å². The van der Waals surface area contributed by atoms with Crippen molar-refractivity contribution in [3.8, 4) is 11.5 Å². The van der Waals surface area contributed by atoms with Crippen molar-refractivity contribution < 1.29 is 19.0 Å². The highest BCUT2D eigenvalue weighted by atomic mass is 16.5. The Morgan fingerprint density at radius 1 is 0.966 bits per heavy atom. The normalized spacial score (nSPS) is 11.6. The van der Waals surface area contributed by atoms with Crippen LogP contribution < -0.4 is 9.47 Å². The van der Waals surface area contributed by atoms with Crippen molar-refractivity contribution in [2.45, 2.75) is 53.4 Å². The van der Waals surface area contributed by atoms with E-state index in [0.717, 1.165) is 35.3 Å². The lowest BCUT2D eigenvalue weighted by Gasteiger charge is -2.15. The minimum absolute atomic E-state index is 0.385. The summed E-state index contributed by atoms with van der Waals surface area (Å²) >= 11 is 0. The molecule has 0 spiro atoms. The highest BCUT2D eigenvalue weighted by Gasteiger charge is 2.17. The van der Waals surface area contributed by atoms with Gasteiger partial charge in [-0.15, -0.1) is 0 Å². The topological polar surface area (TPSA) is 44.8 Å². The van der Waals surface area contributed by atoms with Crippen LogP contribution in [0.4, 0.5) is 0 Å². The Morgan fingerprint density at radius 2 is 1.66 bits per heavy atom. The van der Waals surface area contributed by atoms with E-state index in [1.165, 1.54) is 12.8 Å². The minimum atomic E-state index is -0.385. The first kappa shape index (κ1) is 22.5. The molecule has 0 aliphatic rings. The summed E-state index contributed by atoms with van der Waals surface area (Å²) < 4.78 is 16.9. The van der Waals surface area contributed by atoms with Crippen molar-refractivity contribution in [3.05, 3.63) is 64.7 Å². The number of hydrogen-bond donors (Lipinski definition) is 0. The first-order chi connectivity index (χ1) is 14.0. The van der Waals surface area contributed by atoms with Crippen LogP contribution in [0.2, 0.25) is 0 Å². The summed E-state index contributed by atoms with van der Waals surface area (Å²) in [5.74, 6) is 1.67. The van der Waals surface area contributed by atoms with Gasteiger partial charge in [-0.25, -0.2) is 4.79 Å². The Hall–Kier alpha value is -2.75. The lowest BCUT2D eigenvalue weighted by atomic mass is 10.1. The van der Waals surface area contributed by atoms with Gasteiger partial charge in [0, 0.05) is 5.56 Å². The van der Waals surface area contributed by atoms with E-state index in [1.54, 1.807) is 13.2 Å². The van der Waals surface area contributed by atoms with E-state index in [1.807, 2.05) is 57.2 Å². The second-order valence-corrected chi connectivity index (χ2v) is 7.11. The van der Waals surface area contributed by atoms with Gasteiger partial charge in [-0.2, -0.15) is 0 Å². The maximum absolute atomic E-state index is 12.9. The van der Waals surface area contributed by atoms with Crippen molar-refractivity contribution >= 4 is 11.7 Å². The van der Waals surface area contributed by atoms with Crippen molar-refractivity contribution in [2.24, 2.45) is 0 Å². The average molecular weight is 397 g/mol. The fourth-order valence-corrected chi connectivity index (χ4v) is 2.89. The summed E-state index contributed by atoms with van der Waals surface area (Å²) in [5.41, 5.74) is 3.22. The molecule has 0 unspecified atom stereocenters. The molecule has 0 saturated carbocycles. The number of methoxy groups -OCH3 is 1. The molecule has 0 N–H and O–H groups in total. The summed E-state index contributed by atoms with van der Waals surface area (Å²) in [6, 6.07) is 13.1. The zero-order valence-corrected chi connectivity index (χ0v) is 18.2. The van der Waals surface area contributed by atoms with E-state index in [2.05, 4.69) is 6.92 Å². The lowest BCUT2D eigenvalue weighted by molar-refractivity contribution is 0.0689. The molecule has 29 heavy (non-hydrogen) atoms. The molecule has 0 saturated heterocycles. The van der Waals surface area contributed by atoms with Crippen LogP contribution in [0, 0.1) is 6.92 Å². The van der Waals surface area contributed by atoms with Gasteiger partial charge in [-0.05, 0) is 74.2 Å². The molecule has 0 radical (unpaired) electrons. The molecular formula is C25H32O4. The number of benzene rings is 2. The molecule has 0 amide bonds. The SMILES string of the molecule is CCCCCOc1ccc(C(OC(=O)c2cc(OC)ccc2C)=C(C)CC)cc1. The Bertz CT molecular complexity index is 834. The number of esters is 1. The van der Waals surface area contributed by atoms with E-state index in [9.17, 15) is 4.79 Å². The van der Waals surface area contributed by atoms with Gasteiger partial charge in [0.2, 0.25) is 0 Å². The number of carbonyl (C=O) groups is 1. The third kappa shape index (κ3) is 6.38. The van der Waals surface area contributed by atoms with Gasteiger partial charge in [-0.3, -0.25) is 0 Å². The Morgan fingerprint density at radius 3 is 2.28 bits per heavy atom. The largest absolute Gasteiger partial charge is 0.497 e. The van der Waals surface area contributed by atoms with Crippen LogP contribution in [0.25, 0.3) is 5.76 Å². The van der Waals surface area contributed by atoms with Crippen LogP contribution in [0.3, 0.4) is 0 Å². The van der Waals surface area contributed by atoms with Crippen molar-refractivity contribution in [1.82, 2.24) is 0 Å². The molecule has 0 aliphatic carbocycles. The summed E-state index contributed by atoms with van der Waals surface area (Å²) in [4.78, 5) is 12.9. The summed E-state index contributed by atoms with van der Waals surface area (Å²) in [7, 11) is 1.58. The van der Waals surface area contributed by atoms with Crippen molar-refractivity contribution in [3.63, 3.8) is 0 Å². The average Bonchev–Trinajstić information content (AvgIpc) is 2.75. The highest BCUT2D eigenvalue weighted by Crippen LogP contribution is 2.27. The van der Waals surface area contributed by atoms with E-state index in [-0.39, 0.29) is 5.97 Å². The second-order valence-electron chi connectivity index (χ2n) is 7.11. The summed E-state index contributed by atoms with van der Waals surface area (Å²) in [5, 5.41) is 0. The zero-order chi connectivity index (χ0) is 21.2. The Kier molecular flexibility index (Phi) is 8.78. The Balaban J connectivity index is 2.19. The molecule has 0 atom stereocenters. The van der Waals surface area contributed by atoms with Crippen molar-refractivity contribution in [2.75, 3.05) is 13.7 Å². The predicted octanol–water partition coefficient (Wildman–Crippen LogP) is 6.57. The lowest BCUT2D eigenvalue weighted by Crippen LogP contribution is -2.08. The maximum Gasteiger partial charge on any atom is 0.343 e. The Labute approximate surface area is 174 Å². The smallest absolute Gasteiger partial charge is 0.343 e. The predicted molar refractivity (Wildman–Crippen MR) is 117 cm³/mol. The van der Waals surface area contributed by atoms with Gasteiger partial charge >= 0.3 is 5.97 Å². The van der Waals surface area contributed by atoms with Crippen LogP contribution in [-0.2, 0) is 4.74 Å². The third-order valence-corrected chi connectivity index (χ3v) is 4.91. The molecule has 2 aromatic carbocycles. The molecule has 0 aromatic heterocycles. The first-order valence-corrected chi connectivity index (χ1v) is 10.3. The monoisotopic (exact) mass is 396 g/mol. The molecule has 156 valence electrons. The van der Waals surface area contributed by atoms with Gasteiger partial charge in [0.1, 0.15) is 17.3 Å². The van der Waals surface area contributed by atoms with Crippen molar-refractivity contribution in [1.29, 1.82) is 0 Å². The molecule has 0 aliphatic heterocycles. The molecule has 4 heteroatoms. The second kappa shape index (κ2) is 11.3. The molecular weight excluding hydrogens is 364 g/mol. The number of allylic oxidation sites excluding steroid dienone is 1. The first-order valence-electron chi connectivity index (χ1n) is 10.3. The van der Waals surface area contributed by atoms with E-state index >= 15 is 0 Å². The number of rotatable bonds is 10. The number of unbranched alkanes of at least 4 members (excludes halogenated alkanes) is 2. The standard InChI is InChI=1S/C25H32O4/c1-6-8-9-16-28-21-14-11-20(12-15-21)24(18(3)7-2)29-25(26)23-17-22(27-5)13-10-19(23)4/h10-15,17H,6-9,16H2,1-5H3. The van der Waals surface area contributed by atoms with E-state index < -0.39 is 0 Å². The van der Waals surface area contributed by atoms with Crippen LogP contribution in [0.15, 0.2) is 48.0 Å². The van der Waals surface area contributed by atoms with E-state index in [0.29, 0.717) is 23.7 Å². The molecule has 0 heterocycles. The summed E-state index contributed by atoms with van der Waals surface area (Å²) in [6.07, 6.45) is 4.18. The van der Waals surface area contributed by atoms with Crippen LogP contribution >= 0.6 is 0 Å².